The Morgan fingerprint density at radius 3 is 2.30 bits per heavy atom. The molecule has 5 aromatic rings. The van der Waals surface area contributed by atoms with E-state index in [-0.39, 0.29) is 18.0 Å². The van der Waals surface area contributed by atoms with Crippen LogP contribution in [0, 0.1) is 5.82 Å². The molecular formula is C26H19FN4O2. The molecule has 3 heterocycles. The molecule has 0 aliphatic heterocycles. The van der Waals surface area contributed by atoms with Crippen molar-refractivity contribution < 1.29 is 13.9 Å². The maximum atomic E-state index is 13.0. The summed E-state index contributed by atoms with van der Waals surface area (Å²) in [5, 5.41) is 0.747. The van der Waals surface area contributed by atoms with Gasteiger partial charge in [-0.25, -0.2) is 14.4 Å². The molecule has 3 aromatic heterocycles. The minimum atomic E-state index is -0.310. The van der Waals surface area contributed by atoms with E-state index in [1.807, 2.05) is 36.4 Å². The topological polar surface area (TPSA) is 80.8 Å². The van der Waals surface area contributed by atoms with Gasteiger partial charge in [-0.3, -0.25) is 9.78 Å². The highest BCUT2D eigenvalue weighted by atomic mass is 19.1. The molecule has 0 saturated carbocycles. The van der Waals surface area contributed by atoms with Crippen molar-refractivity contribution in [2.45, 2.75) is 12.8 Å². The summed E-state index contributed by atoms with van der Waals surface area (Å²) in [6.45, 7) is 0. The molecule has 0 amide bonds. The summed E-state index contributed by atoms with van der Waals surface area (Å²) >= 11 is 0. The summed E-state index contributed by atoms with van der Waals surface area (Å²) in [6.07, 6.45) is 3.74. The van der Waals surface area contributed by atoms with Crippen LogP contribution in [0.2, 0.25) is 0 Å². The first-order valence-corrected chi connectivity index (χ1v) is 10.4. The standard InChI is InChI=1S/C26H19FN4O2/c27-19-8-4-17(5-9-19)13-20(32)14-18-6-10-21(11-7-18)33-26-22-15-24(23-3-1-2-12-28-23)31-25(22)29-16-30-26/h1-12,15-16H,13-14H2,(H,29,30,31). The van der Waals surface area contributed by atoms with E-state index in [0.717, 1.165) is 27.9 Å². The number of pyridine rings is 1. The molecule has 0 spiro atoms. The average Bonchev–Trinajstić information content (AvgIpc) is 3.28. The summed E-state index contributed by atoms with van der Waals surface area (Å²) in [7, 11) is 0. The molecule has 6 nitrogen and oxygen atoms in total. The lowest BCUT2D eigenvalue weighted by Gasteiger charge is -2.07. The Balaban J connectivity index is 1.28. The summed E-state index contributed by atoms with van der Waals surface area (Å²) in [5.74, 6) is 0.779. The van der Waals surface area contributed by atoms with E-state index in [1.165, 1.54) is 18.5 Å². The van der Waals surface area contributed by atoms with Crippen molar-refractivity contribution in [3.63, 3.8) is 0 Å². The van der Waals surface area contributed by atoms with Crippen LogP contribution in [0.15, 0.2) is 85.3 Å². The third-order valence-corrected chi connectivity index (χ3v) is 5.18. The van der Waals surface area contributed by atoms with Gasteiger partial charge in [-0.05, 0) is 53.6 Å². The maximum Gasteiger partial charge on any atom is 0.231 e. The summed E-state index contributed by atoms with van der Waals surface area (Å²) in [6, 6.07) is 20.9. The zero-order valence-electron chi connectivity index (χ0n) is 17.5. The van der Waals surface area contributed by atoms with Gasteiger partial charge in [0.1, 0.15) is 29.3 Å². The Labute approximate surface area is 189 Å². The molecule has 0 saturated heterocycles. The van der Waals surface area contributed by atoms with Gasteiger partial charge in [0, 0.05) is 19.0 Å². The van der Waals surface area contributed by atoms with E-state index >= 15 is 0 Å². The van der Waals surface area contributed by atoms with E-state index in [2.05, 4.69) is 19.9 Å². The fraction of sp³-hybridized carbons (Fsp3) is 0.0769. The van der Waals surface area contributed by atoms with Crippen LogP contribution >= 0.6 is 0 Å². The number of rotatable bonds is 7. The minimum Gasteiger partial charge on any atom is -0.438 e. The Morgan fingerprint density at radius 1 is 0.879 bits per heavy atom. The first kappa shape index (κ1) is 20.5. The Morgan fingerprint density at radius 2 is 1.61 bits per heavy atom. The molecule has 0 fully saturated rings. The SMILES string of the molecule is O=C(Cc1ccc(F)cc1)Cc1ccc(Oc2ncnc3[nH]c(-c4ccccn4)cc23)cc1. The number of carbonyl (C=O) groups excluding carboxylic acids is 1. The summed E-state index contributed by atoms with van der Waals surface area (Å²) in [5.41, 5.74) is 3.96. The van der Waals surface area contributed by atoms with Crippen LogP contribution in [-0.4, -0.2) is 25.7 Å². The van der Waals surface area contributed by atoms with E-state index in [9.17, 15) is 9.18 Å². The van der Waals surface area contributed by atoms with Crippen LogP contribution in [0.5, 0.6) is 11.6 Å². The number of nitrogens with one attached hydrogen (secondary N) is 1. The fourth-order valence-corrected chi connectivity index (χ4v) is 3.57. The number of nitrogens with zero attached hydrogens (tertiary/aromatic N) is 3. The highest BCUT2D eigenvalue weighted by Crippen LogP contribution is 2.30. The summed E-state index contributed by atoms with van der Waals surface area (Å²) < 4.78 is 19.0. The van der Waals surface area contributed by atoms with Crippen LogP contribution in [0.3, 0.4) is 0 Å². The van der Waals surface area contributed by atoms with E-state index in [1.54, 1.807) is 30.5 Å². The van der Waals surface area contributed by atoms with Gasteiger partial charge in [0.25, 0.3) is 0 Å². The third kappa shape index (κ3) is 4.77. The predicted molar refractivity (Wildman–Crippen MR) is 122 cm³/mol. The lowest BCUT2D eigenvalue weighted by Crippen LogP contribution is -2.06. The van der Waals surface area contributed by atoms with Crippen LogP contribution in [-0.2, 0) is 17.6 Å². The smallest absolute Gasteiger partial charge is 0.231 e. The summed E-state index contributed by atoms with van der Waals surface area (Å²) in [4.78, 5) is 28.5. The van der Waals surface area contributed by atoms with Crippen LogP contribution in [0.25, 0.3) is 22.4 Å². The maximum absolute atomic E-state index is 13.0. The molecule has 0 atom stereocenters. The van der Waals surface area contributed by atoms with Gasteiger partial charge in [0.05, 0.1) is 16.8 Å². The van der Waals surface area contributed by atoms with Crippen LogP contribution in [0.4, 0.5) is 4.39 Å². The first-order chi connectivity index (χ1) is 16.1. The number of ketones is 1. The molecule has 33 heavy (non-hydrogen) atoms. The van der Waals surface area contributed by atoms with Gasteiger partial charge in [0.2, 0.25) is 5.88 Å². The molecule has 0 aliphatic carbocycles. The second-order valence-electron chi connectivity index (χ2n) is 7.60. The lowest BCUT2D eigenvalue weighted by molar-refractivity contribution is -0.117. The zero-order chi connectivity index (χ0) is 22.6. The Kier molecular flexibility index (Phi) is 5.59. The first-order valence-electron chi connectivity index (χ1n) is 10.4. The van der Waals surface area contributed by atoms with Crippen molar-refractivity contribution in [2.75, 3.05) is 0 Å². The van der Waals surface area contributed by atoms with Crippen molar-refractivity contribution in [3.05, 3.63) is 102 Å². The molecule has 7 heteroatoms. The minimum absolute atomic E-state index is 0.0576. The zero-order valence-corrected chi connectivity index (χ0v) is 17.5. The molecule has 0 radical (unpaired) electrons. The number of aromatic nitrogens is 4. The van der Waals surface area contributed by atoms with Gasteiger partial charge in [-0.1, -0.05) is 30.3 Å². The molecular weight excluding hydrogens is 419 g/mol. The predicted octanol–water partition coefficient (Wildman–Crippen LogP) is 5.31. The van der Waals surface area contributed by atoms with Crippen molar-refractivity contribution >= 4 is 16.8 Å². The number of carbonyl (C=O) groups is 1. The van der Waals surface area contributed by atoms with Crippen LogP contribution < -0.4 is 4.74 Å². The fourth-order valence-electron chi connectivity index (χ4n) is 3.57. The molecule has 0 aliphatic rings. The molecule has 0 bridgehead atoms. The van der Waals surface area contributed by atoms with Gasteiger partial charge in [-0.2, -0.15) is 0 Å². The van der Waals surface area contributed by atoms with E-state index in [4.69, 9.17) is 4.74 Å². The van der Waals surface area contributed by atoms with Gasteiger partial charge in [-0.15, -0.1) is 0 Å². The number of H-pyrrole nitrogens is 1. The number of aromatic amines is 1. The average molecular weight is 438 g/mol. The quantitative estimate of drug-likeness (QED) is 0.373. The van der Waals surface area contributed by atoms with Crippen molar-refractivity contribution in [3.8, 4) is 23.0 Å². The number of Topliss-reactive ketones (excluding diaryl/α,β-unsaturated/α-hetero) is 1. The van der Waals surface area contributed by atoms with Gasteiger partial charge < -0.3 is 9.72 Å². The van der Waals surface area contributed by atoms with Gasteiger partial charge in [0.15, 0.2) is 0 Å². The van der Waals surface area contributed by atoms with Crippen LogP contribution in [0.1, 0.15) is 11.1 Å². The second-order valence-corrected chi connectivity index (χ2v) is 7.60. The number of ether oxygens (including phenoxy) is 1. The van der Waals surface area contributed by atoms with Gasteiger partial charge >= 0.3 is 0 Å². The van der Waals surface area contributed by atoms with Crippen molar-refractivity contribution in [2.24, 2.45) is 0 Å². The highest BCUT2D eigenvalue weighted by Gasteiger charge is 2.12. The molecule has 0 unspecified atom stereocenters. The Hall–Kier alpha value is -4.39. The van der Waals surface area contributed by atoms with Crippen molar-refractivity contribution in [1.82, 2.24) is 19.9 Å². The van der Waals surface area contributed by atoms with E-state index < -0.39 is 0 Å². The normalized spacial score (nSPS) is 10.9. The Bertz CT molecular complexity index is 1400. The molecule has 1 N–H and O–H groups in total. The lowest BCUT2D eigenvalue weighted by atomic mass is 10.0. The highest BCUT2D eigenvalue weighted by molar-refractivity contribution is 5.86. The third-order valence-electron chi connectivity index (χ3n) is 5.18. The number of halogens is 1. The molecule has 2 aromatic carbocycles. The number of hydrogen-bond donors (Lipinski definition) is 1. The largest absolute Gasteiger partial charge is 0.438 e. The number of fused-ring (bicyclic) bond motifs is 1. The second kappa shape index (κ2) is 9.00. The number of benzene rings is 2. The molecule has 5 rings (SSSR count). The van der Waals surface area contributed by atoms with E-state index in [0.29, 0.717) is 23.7 Å². The number of hydrogen-bond acceptors (Lipinski definition) is 5. The van der Waals surface area contributed by atoms with Crippen molar-refractivity contribution in [1.29, 1.82) is 0 Å². The monoisotopic (exact) mass is 438 g/mol. The molecule has 162 valence electrons.